The summed E-state index contributed by atoms with van der Waals surface area (Å²) in [7, 11) is 2.04. The molecule has 1 aromatic rings. The van der Waals surface area contributed by atoms with E-state index in [0.29, 0.717) is 11.3 Å². The van der Waals surface area contributed by atoms with Gasteiger partial charge in [-0.05, 0) is 43.9 Å². The summed E-state index contributed by atoms with van der Waals surface area (Å²) >= 11 is 7.71. The van der Waals surface area contributed by atoms with Crippen LogP contribution in [-0.2, 0) is 0 Å². The van der Waals surface area contributed by atoms with Gasteiger partial charge in [0.25, 0.3) is 0 Å². The summed E-state index contributed by atoms with van der Waals surface area (Å²) in [4.78, 5) is 10.4. The molecule has 1 unspecified atom stereocenters. The van der Waals surface area contributed by atoms with Gasteiger partial charge in [-0.3, -0.25) is 0 Å². The van der Waals surface area contributed by atoms with Crippen LogP contribution < -0.4 is 4.90 Å². The van der Waals surface area contributed by atoms with E-state index >= 15 is 0 Å². The first kappa shape index (κ1) is 13.6. The van der Waals surface area contributed by atoms with Crippen molar-refractivity contribution >= 4 is 29.2 Å². The summed E-state index contributed by atoms with van der Waals surface area (Å²) in [5.41, 5.74) is 0.902. The Balaban J connectivity index is 2.74. The van der Waals surface area contributed by atoms with E-state index in [4.69, 9.17) is 11.6 Å². The highest BCUT2D eigenvalue weighted by atomic mass is 35.5. The lowest BCUT2D eigenvalue weighted by molar-refractivity contribution is 0.661. The molecule has 1 heterocycles. The number of thioether (sulfide) groups is 1. The van der Waals surface area contributed by atoms with Crippen LogP contribution in [0.4, 0.5) is 5.82 Å². The Morgan fingerprint density at radius 3 is 2.75 bits per heavy atom. The van der Waals surface area contributed by atoms with Gasteiger partial charge < -0.3 is 4.90 Å². The van der Waals surface area contributed by atoms with Crippen LogP contribution in [0.25, 0.3) is 0 Å². The molecule has 0 aliphatic heterocycles. The lowest BCUT2D eigenvalue weighted by atomic mass is 10.2. The molecule has 1 atom stereocenters. The number of aryl methyl sites for hydroxylation is 1. The molecule has 0 spiro atoms. The summed E-state index contributed by atoms with van der Waals surface area (Å²) in [6.07, 6.45) is 3.26. The quantitative estimate of drug-likeness (QED) is 0.761. The molecule has 16 heavy (non-hydrogen) atoms. The van der Waals surface area contributed by atoms with Crippen molar-refractivity contribution in [2.75, 3.05) is 24.0 Å². The number of rotatable bonds is 5. The number of halogens is 1. The molecule has 3 nitrogen and oxygen atoms in total. The highest BCUT2D eigenvalue weighted by Gasteiger charge is 2.12. The second-order valence-corrected chi connectivity index (χ2v) is 5.20. The third kappa shape index (κ3) is 3.83. The van der Waals surface area contributed by atoms with E-state index in [1.165, 1.54) is 0 Å². The van der Waals surface area contributed by atoms with Gasteiger partial charge in [0.05, 0.1) is 0 Å². The summed E-state index contributed by atoms with van der Waals surface area (Å²) in [5, 5.41) is 0.318. The molecule has 0 saturated heterocycles. The van der Waals surface area contributed by atoms with Crippen LogP contribution in [0.15, 0.2) is 6.07 Å². The maximum atomic E-state index is 5.85. The van der Waals surface area contributed by atoms with Crippen LogP contribution in [0.2, 0.25) is 5.28 Å². The first-order valence-electron chi connectivity index (χ1n) is 5.27. The fraction of sp³-hybridized carbons (Fsp3) is 0.636. The SMILES string of the molecule is CSCCC(C)N(C)c1cc(C)nc(Cl)n1. The number of anilines is 1. The minimum Gasteiger partial charge on any atom is -0.357 e. The van der Waals surface area contributed by atoms with Crippen LogP contribution in [-0.4, -0.2) is 35.1 Å². The Morgan fingerprint density at radius 1 is 1.50 bits per heavy atom. The fourth-order valence-electron chi connectivity index (χ4n) is 1.40. The highest BCUT2D eigenvalue weighted by Crippen LogP contribution is 2.17. The van der Waals surface area contributed by atoms with Gasteiger partial charge in [0.1, 0.15) is 5.82 Å². The molecule has 5 heteroatoms. The standard InChI is InChI=1S/C11H18ClN3S/c1-8-7-10(14-11(12)13-8)15(3)9(2)5-6-16-4/h7,9H,5-6H2,1-4H3. The summed E-state index contributed by atoms with van der Waals surface area (Å²) in [6.45, 7) is 4.12. The van der Waals surface area contributed by atoms with Crippen molar-refractivity contribution in [2.24, 2.45) is 0 Å². The Morgan fingerprint density at radius 2 is 2.19 bits per heavy atom. The monoisotopic (exact) mass is 259 g/mol. The fourth-order valence-corrected chi connectivity index (χ4v) is 2.20. The summed E-state index contributed by atoms with van der Waals surface area (Å²) in [5.74, 6) is 2.05. The van der Waals surface area contributed by atoms with E-state index in [9.17, 15) is 0 Å². The first-order valence-corrected chi connectivity index (χ1v) is 7.04. The molecule has 0 fully saturated rings. The molecule has 0 bridgehead atoms. The van der Waals surface area contributed by atoms with Crippen molar-refractivity contribution in [3.8, 4) is 0 Å². The lowest BCUT2D eigenvalue weighted by Crippen LogP contribution is -2.30. The van der Waals surface area contributed by atoms with Crippen molar-refractivity contribution in [2.45, 2.75) is 26.3 Å². The number of nitrogens with zero attached hydrogens (tertiary/aromatic N) is 3. The van der Waals surface area contributed by atoms with Gasteiger partial charge in [0.2, 0.25) is 5.28 Å². The smallest absolute Gasteiger partial charge is 0.224 e. The first-order chi connectivity index (χ1) is 7.54. The Hall–Kier alpha value is -0.480. The predicted molar refractivity (Wildman–Crippen MR) is 72.6 cm³/mol. The van der Waals surface area contributed by atoms with Crippen molar-refractivity contribution in [1.29, 1.82) is 0 Å². The molecule has 0 aliphatic rings. The van der Waals surface area contributed by atoms with Gasteiger partial charge in [0, 0.05) is 24.8 Å². The van der Waals surface area contributed by atoms with E-state index in [-0.39, 0.29) is 0 Å². The predicted octanol–water partition coefficient (Wildman–Crippen LogP) is 3.02. The number of aromatic nitrogens is 2. The number of hydrogen-bond acceptors (Lipinski definition) is 4. The molecule has 1 aromatic heterocycles. The topological polar surface area (TPSA) is 29.0 Å². The van der Waals surface area contributed by atoms with Gasteiger partial charge in [-0.25, -0.2) is 9.97 Å². The maximum Gasteiger partial charge on any atom is 0.224 e. The van der Waals surface area contributed by atoms with Crippen molar-refractivity contribution in [3.05, 3.63) is 17.0 Å². The summed E-state index contributed by atoms with van der Waals surface area (Å²) in [6, 6.07) is 2.42. The average molecular weight is 260 g/mol. The van der Waals surface area contributed by atoms with E-state index in [1.54, 1.807) is 0 Å². The zero-order chi connectivity index (χ0) is 12.1. The average Bonchev–Trinajstić information content (AvgIpc) is 2.23. The molecule has 90 valence electrons. The highest BCUT2D eigenvalue weighted by molar-refractivity contribution is 7.98. The third-order valence-electron chi connectivity index (χ3n) is 2.58. The van der Waals surface area contributed by atoms with Crippen molar-refractivity contribution in [3.63, 3.8) is 0 Å². The van der Waals surface area contributed by atoms with Gasteiger partial charge >= 0.3 is 0 Å². The van der Waals surface area contributed by atoms with E-state index in [1.807, 2.05) is 31.8 Å². The maximum absolute atomic E-state index is 5.85. The molecule has 0 amide bonds. The minimum atomic E-state index is 0.318. The van der Waals surface area contributed by atoms with Crippen LogP contribution >= 0.6 is 23.4 Å². The zero-order valence-corrected chi connectivity index (χ0v) is 11.8. The second kappa shape index (κ2) is 6.30. The lowest BCUT2D eigenvalue weighted by Gasteiger charge is -2.25. The van der Waals surface area contributed by atoms with Crippen LogP contribution in [0.5, 0.6) is 0 Å². The van der Waals surface area contributed by atoms with Gasteiger partial charge in [-0.2, -0.15) is 11.8 Å². The van der Waals surface area contributed by atoms with Crippen LogP contribution in [0, 0.1) is 6.92 Å². The van der Waals surface area contributed by atoms with E-state index in [0.717, 1.165) is 23.7 Å². The normalized spacial score (nSPS) is 12.6. The van der Waals surface area contributed by atoms with Gasteiger partial charge in [0.15, 0.2) is 0 Å². The molecule has 0 aromatic carbocycles. The van der Waals surface area contributed by atoms with E-state index in [2.05, 4.69) is 28.0 Å². The molecule has 0 N–H and O–H groups in total. The van der Waals surface area contributed by atoms with Crippen LogP contribution in [0.1, 0.15) is 19.0 Å². The molecular formula is C11H18ClN3S. The molecule has 0 aliphatic carbocycles. The van der Waals surface area contributed by atoms with Crippen molar-refractivity contribution in [1.82, 2.24) is 9.97 Å². The Labute approximate surface area is 107 Å². The number of hydrogen-bond donors (Lipinski definition) is 0. The largest absolute Gasteiger partial charge is 0.357 e. The Bertz CT molecular complexity index is 326. The van der Waals surface area contributed by atoms with Gasteiger partial charge in [-0.1, -0.05) is 0 Å². The Kier molecular flexibility index (Phi) is 5.35. The molecule has 0 saturated carbocycles. The summed E-state index contributed by atoms with van der Waals surface area (Å²) < 4.78 is 0. The molecular weight excluding hydrogens is 242 g/mol. The minimum absolute atomic E-state index is 0.318. The van der Waals surface area contributed by atoms with E-state index < -0.39 is 0 Å². The zero-order valence-electron chi connectivity index (χ0n) is 10.2. The van der Waals surface area contributed by atoms with Crippen LogP contribution in [0.3, 0.4) is 0 Å². The van der Waals surface area contributed by atoms with Gasteiger partial charge in [-0.15, -0.1) is 0 Å². The third-order valence-corrected chi connectivity index (χ3v) is 3.39. The molecule has 0 radical (unpaired) electrons. The second-order valence-electron chi connectivity index (χ2n) is 3.88. The van der Waals surface area contributed by atoms with Crippen molar-refractivity contribution < 1.29 is 0 Å². The molecule has 1 rings (SSSR count).